The molecule has 1 rings (SSSR count). The monoisotopic (exact) mass is 274 g/mol. The molecule has 5 heteroatoms. The molecule has 0 saturated heterocycles. The third-order valence-electron chi connectivity index (χ3n) is 2.43. The van der Waals surface area contributed by atoms with E-state index in [0.29, 0.717) is 17.9 Å². The lowest BCUT2D eigenvalue weighted by Gasteiger charge is -2.20. The second-order valence-corrected chi connectivity index (χ2v) is 3.98. The van der Waals surface area contributed by atoms with Crippen LogP contribution >= 0.6 is 0 Å². The predicted molar refractivity (Wildman–Crippen MR) is 79.8 cm³/mol. The molecule has 2 amide bonds. The molecule has 0 aliphatic rings. The summed E-state index contributed by atoms with van der Waals surface area (Å²) in [6, 6.07) is 6.94. The molecule has 20 heavy (non-hydrogen) atoms. The Bertz CT molecular complexity index is 512. The fourth-order valence-electron chi connectivity index (χ4n) is 1.58. The molecule has 0 radical (unpaired) electrons. The van der Waals surface area contributed by atoms with Crippen molar-refractivity contribution >= 4 is 23.4 Å². The predicted octanol–water partition coefficient (Wildman–Crippen LogP) is 2.96. The summed E-state index contributed by atoms with van der Waals surface area (Å²) in [4.78, 5) is 24.5. The largest absolute Gasteiger partial charge is 0.445 e. The Morgan fingerprint density at radius 1 is 1.35 bits per heavy atom. The van der Waals surface area contributed by atoms with Gasteiger partial charge in [0, 0.05) is 24.8 Å². The Labute approximate surface area is 118 Å². The Morgan fingerprint density at radius 3 is 2.70 bits per heavy atom. The van der Waals surface area contributed by atoms with Gasteiger partial charge in [0.25, 0.3) is 0 Å². The lowest BCUT2D eigenvalue weighted by atomic mass is 10.2. The number of nitrogens with one attached hydrogen (secondary N) is 1. The van der Waals surface area contributed by atoms with E-state index < -0.39 is 6.09 Å². The third kappa shape index (κ3) is 4.61. The zero-order chi connectivity index (χ0) is 15.0. The molecule has 0 atom stereocenters. The van der Waals surface area contributed by atoms with Crippen LogP contribution in [0.15, 0.2) is 49.6 Å². The maximum absolute atomic E-state index is 11.6. The molecule has 0 unspecified atom stereocenters. The van der Waals surface area contributed by atoms with Crippen LogP contribution in [0, 0.1) is 0 Å². The molecule has 0 heterocycles. The van der Waals surface area contributed by atoms with Crippen LogP contribution in [0.2, 0.25) is 0 Å². The minimum atomic E-state index is -0.569. The molecule has 106 valence electrons. The van der Waals surface area contributed by atoms with Gasteiger partial charge >= 0.3 is 6.09 Å². The quantitative estimate of drug-likeness (QED) is 0.811. The Kier molecular flexibility index (Phi) is 6.03. The van der Waals surface area contributed by atoms with E-state index in [2.05, 4.69) is 18.5 Å². The van der Waals surface area contributed by atoms with E-state index in [0.717, 1.165) is 0 Å². The zero-order valence-electron chi connectivity index (χ0n) is 11.5. The Hall–Kier alpha value is -2.56. The van der Waals surface area contributed by atoms with Crippen molar-refractivity contribution in [3.63, 3.8) is 0 Å². The van der Waals surface area contributed by atoms with Gasteiger partial charge < -0.3 is 9.64 Å². The summed E-state index contributed by atoms with van der Waals surface area (Å²) < 4.78 is 4.83. The molecule has 1 aromatic rings. The first kappa shape index (κ1) is 15.5. The first-order valence-corrected chi connectivity index (χ1v) is 6.12. The lowest BCUT2D eigenvalue weighted by molar-refractivity contribution is -0.116. The highest BCUT2D eigenvalue weighted by Crippen LogP contribution is 2.20. The number of carbonyl (C=O) groups is 2. The van der Waals surface area contributed by atoms with Gasteiger partial charge in [-0.15, -0.1) is 6.58 Å². The van der Waals surface area contributed by atoms with E-state index in [1.165, 1.54) is 13.0 Å². The number of hydrogen-bond donors (Lipinski definition) is 1. The molecule has 0 spiro atoms. The van der Waals surface area contributed by atoms with Gasteiger partial charge in [0.05, 0.1) is 0 Å². The van der Waals surface area contributed by atoms with Crippen LogP contribution in [0.5, 0.6) is 0 Å². The van der Waals surface area contributed by atoms with Crippen molar-refractivity contribution in [1.29, 1.82) is 0 Å². The van der Waals surface area contributed by atoms with E-state index in [4.69, 9.17) is 4.74 Å². The van der Waals surface area contributed by atoms with Crippen LogP contribution in [0.25, 0.3) is 0 Å². The van der Waals surface area contributed by atoms with Crippen molar-refractivity contribution in [2.75, 3.05) is 23.4 Å². The van der Waals surface area contributed by atoms with Crippen molar-refractivity contribution in [2.45, 2.75) is 6.92 Å². The van der Waals surface area contributed by atoms with Gasteiger partial charge in [0.15, 0.2) is 0 Å². The summed E-state index contributed by atoms with van der Waals surface area (Å²) in [5.41, 5.74) is 1.23. The van der Waals surface area contributed by atoms with E-state index in [-0.39, 0.29) is 12.5 Å². The molecule has 0 aliphatic heterocycles. The number of anilines is 2. The second-order valence-electron chi connectivity index (χ2n) is 3.98. The van der Waals surface area contributed by atoms with Gasteiger partial charge in [-0.1, -0.05) is 24.8 Å². The highest BCUT2D eigenvalue weighted by Gasteiger charge is 2.10. The average Bonchev–Trinajstić information content (AvgIpc) is 2.42. The van der Waals surface area contributed by atoms with Gasteiger partial charge in [-0.05, 0) is 18.2 Å². The number of rotatable bonds is 6. The Balaban J connectivity index is 2.83. The van der Waals surface area contributed by atoms with Crippen LogP contribution in [0.4, 0.5) is 16.2 Å². The molecular weight excluding hydrogens is 256 g/mol. The van der Waals surface area contributed by atoms with Crippen molar-refractivity contribution in [3.8, 4) is 0 Å². The average molecular weight is 274 g/mol. The molecule has 0 saturated carbocycles. The van der Waals surface area contributed by atoms with Gasteiger partial charge in [0.1, 0.15) is 6.61 Å². The molecule has 1 aromatic carbocycles. The van der Waals surface area contributed by atoms with Crippen LogP contribution in [-0.2, 0) is 9.53 Å². The van der Waals surface area contributed by atoms with Gasteiger partial charge in [-0.3, -0.25) is 10.1 Å². The lowest BCUT2D eigenvalue weighted by Crippen LogP contribution is -2.28. The van der Waals surface area contributed by atoms with E-state index >= 15 is 0 Å². The van der Waals surface area contributed by atoms with E-state index in [1.807, 2.05) is 0 Å². The maximum Gasteiger partial charge on any atom is 0.411 e. The summed E-state index contributed by atoms with van der Waals surface area (Å²) in [7, 11) is 0. The van der Waals surface area contributed by atoms with E-state index in [1.54, 1.807) is 35.2 Å². The van der Waals surface area contributed by atoms with Crippen molar-refractivity contribution in [2.24, 2.45) is 0 Å². The smallest absolute Gasteiger partial charge is 0.411 e. The van der Waals surface area contributed by atoms with Gasteiger partial charge in [-0.25, -0.2) is 4.79 Å². The fraction of sp³-hybridized carbons (Fsp3) is 0.200. The minimum absolute atomic E-state index is 0.101. The highest BCUT2D eigenvalue weighted by molar-refractivity contribution is 5.93. The summed E-state index contributed by atoms with van der Waals surface area (Å²) in [6.45, 7) is 9.10. The van der Waals surface area contributed by atoms with Crippen molar-refractivity contribution in [3.05, 3.63) is 49.6 Å². The standard InChI is InChI=1S/C15H18N2O3/c1-4-9-17(12(3)18)14-8-6-7-13(11-14)16-15(19)20-10-5-2/h4-8,11H,1-2,9-10H2,3H3,(H,16,19). The molecule has 5 nitrogen and oxygen atoms in total. The summed E-state index contributed by atoms with van der Waals surface area (Å²) in [6.07, 6.45) is 2.55. The van der Waals surface area contributed by atoms with Crippen LogP contribution in [0.1, 0.15) is 6.92 Å². The fourth-order valence-corrected chi connectivity index (χ4v) is 1.58. The SMILES string of the molecule is C=CCOC(=O)Nc1cccc(N(CC=C)C(C)=O)c1. The molecule has 0 bridgehead atoms. The minimum Gasteiger partial charge on any atom is -0.445 e. The molecular formula is C15H18N2O3. The third-order valence-corrected chi connectivity index (χ3v) is 2.43. The van der Waals surface area contributed by atoms with Crippen molar-refractivity contribution in [1.82, 2.24) is 0 Å². The maximum atomic E-state index is 11.6. The number of carbonyl (C=O) groups excluding carboxylic acids is 2. The van der Waals surface area contributed by atoms with Crippen LogP contribution < -0.4 is 10.2 Å². The topological polar surface area (TPSA) is 58.6 Å². The molecule has 1 N–H and O–H groups in total. The normalized spacial score (nSPS) is 9.45. The number of nitrogens with zero attached hydrogens (tertiary/aromatic N) is 1. The van der Waals surface area contributed by atoms with Crippen LogP contribution in [0.3, 0.4) is 0 Å². The number of ether oxygens (including phenoxy) is 1. The van der Waals surface area contributed by atoms with Gasteiger partial charge in [0.2, 0.25) is 5.91 Å². The number of hydrogen-bond acceptors (Lipinski definition) is 3. The van der Waals surface area contributed by atoms with Crippen molar-refractivity contribution < 1.29 is 14.3 Å². The van der Waals surface area contributed by atoms with Gasteiger partial charge in [-0.2, -0.15) is 0 Å². The molecule has 0 aliphatic carbocycles. The zero-order valence-corrected chi connectivity index (χ0v) is 11.5. The summed E-state index contributed by atoms with van der Waals surface area (Å²) in [5, 5.41) is 2.58. The summed E-state index contributed by atoms with van der Waals surface area (Å²) in [5.74, 6) is -0.101. The van der Waals surface area contributed by atoms with E-state index in [9.17, 15) is 9.59 Å². The first-order valence-electron chi connectivity index (χ1n) is 6.12. The molecule has 0 fully saturated rings. The highest BCUT2D eigenvalue weighted by atomic mass is 16.5. The number of amides is 2. The summed E-state index contributed by atoms with van der Waals surface area (Å²) >= 11 is 0. The second kappa shape index (κ2) is 7.78. The number of benzene rings is 1. The first-order chi connectivity index (χ1) is 9.58. The Morgan fingerprint density at radius 2 is 2.10 bits per heavy atom. The van der Waals surface area contributed by atoms with Crippen LogP contribution in [-0.4, -0.2) is 25.2 Å². The molecule has 0 aromatic heterocycles.